The highest BCUT2D eigenvalue weighted by Crippen LogP contribution is 2.39. The van der Waals surface area contributed by atoms with Crippen LogP contribution in [0.4, 0.5) is 5.13 Å². The molecule has 1 saturated carbocycles. The fourth-order valence-electron chi connectivity index (χ4n) is 1.30. The van der Waals surface area contributed by atoms with E-state index in [9.17, 15) is 0 Å². The second-order valence-corrected chi connectivity index (χ2v) is 5.59. The lowest BCUT2D eigenvalue weighted by molar-refractivity contribution is 0.439. The summed E-state index contributed by atoms with van der Waals surface area (Å²) >= 11 is 1.50. The number of nitrogens with one attached hydrogen (secondary N) is 1. The van der Waals surface area contributed by atoms with Crippen molar-refractivity contribution in [2.24, 2.45) is 11.8 Å². The van der Waals surface area contributed by atoms with Crippen LogP contribution in [0.15, 0.2) is 0 Å². The van der Waals surface area contributed by atoms with Gasteiger partial charge in [0.1, 0.15) is 5.82 Å². The van der Waals surface area contributed by atoms with Gasteiger partial charge in [0.2, 0.25) is 5.13 Å². The molecular weight excluding hydrogens is 206 g/mol. The molecule has 0 bridgehead atoms. The minimum Gasteiger partial charge on any atom is -0.360 e. The molecule has 0 saturated heterocycles. The Bertz CT molecular complexity index is 317. The first kappa shape index (κ1) is 10.9. The number of anilines is 1. The first-order valence-electron chi connectivity index (χ1n) is 5.74. The van der Waals surface area contributed by atoms with E-state index in [0.717, 1.165) is 17.5 Å². The second-order valence-electron chi connectivity index (χ2n) is 4.83. The molecule has 0 aromatic carbocycles. The van der Waals surface area contributed by atoms with Crippen molar-refractivity contribution in [3.63, 3.8) is 0 Å². The summed E-state index contributed by atoms with van der Waals surface area (Å²) in [5.41, 5.74) is 0. The van der Waals surface area contributed by atoms with E-state index in [-0.39, 0.29) is 0 Å². The minimum atomic E-state index is 0.666. The Morgan fingerprint density at radius 2 is 2.13 bits per heavy atom. The predicted molar refractivity (Wildman–Crippen MR) is 64.4 cm³/mol. The van der Waals surface area contributed by atoms with E-state index in [4.69, 9.17) is 0 Å². The van der Waals surface area contributed by atoms with Gasteiger partial charge in [0.05, 0.1) is 0 Å². The van der Waals surface area contributed by atoms with Crippen molar-refractivity contribution in [1.82, 2.24) is 9.36 Å². The van der Waals surface area contributed by atoms with Gasteiger partial charge in [0.15, 0.2) is 0 Å². The van der Waals surface area contributed by atoms with Gasteiger partial charge >= 0.3 is 0 Å². The van der Waals surface area contributed by atoms with E-state index in [0.29, 0.717) is 17.8 Å². The van der Waals surface area contributed by atoms with E-state index in [2.05, 4.69) is 35.4 Å². The SMILES string of the molecule is CC(C)C(C)CNc1nc(C2CC2)ns1. The number of aromatic nitrogens is 2. The molecule has 0 amide bonds. The molecule has 2 rings (SSSR count). The molecule has 84 valence electrons. The van der Waals surface area contributed by atoms with E-state index in [1.807, 2.05) is 0 Å². The molecule has 0 spiro atoms. The molecule has 1 N–H and O–H groups in total. The van der Waals surface area contributed by atoms with Gasteiger partial charge in [-0.05, 0) is 24.7 Å². The van der Waals surface area contributed by atoms with Crippen LogP contribution in [0.2, 0.25) is 0 Å². The molecule has 0 radical (unpaired) electrons. The highest BCUT2D eigenvalue weighted by Gasteiger charge is 2.27. The smallest absolute Gasteiger partial charge is 0.202 e. The molecule has 1 heterocycles. The third-order valence-electron chi connectivity index (χ3n) is 3.10. The largest absolute Gasteiger partial charge is 0.360 e. The van der Waals surface area contributed by atoms with Gasteiger partial charge in [0, 0.05) is 24.0 Å². The van der Waals surface area contributed by atoms with Crippen molar-refractivity contribution in [1.29, 1.82) is 0 Å². The van der Waals surface area contributed by atoms with Crippen LogP contribution in [0, 0.1) is 11.8 Å². The van der Waals surface area contributed by atoms with E-state index < -0.39 is 0 Å². The molecule has 1 unspecified atom stereocenters. The van der Waals surface area contributed by atoms with Crippen LogP contribution in [0.1, 0.15) is 45.4 Å². The zero-order valence-corrected chi connectivity index (χ0v) is 10.5. The molecule has 1 aromatic rings. The molecule has 15 heavy (non-hydrogen) atoms. The quantitative estimate of drug-likeness (QED) is 0.836. The van der Waals surface area contributed by atoms with Gasteiger partial charge < -0.3 is 5.32 Å². The Morgan fingerprint density at radius 3 is 2.73 bits per heavy atom. The topological polar surface area (TPSA) is 37.8 Å². The van der Waals surface area contributed by atoms with Crippen LogP contribution in [0.25, 0.3) is 0 Å². The number of rotatable bonds is 5. The molecule has 1 aliphatic carbocycles. The van der Waals surface area contributed by atoms with Crippen molar-refractivity contribution in [2.45, 2.75) is 39.5 Å². The Hall–Kier alpha value is -0.640. The first-order valence-corrected chi connectivity index (χ1v) is 6.51. The lowest BCUT2D eigenvalue weighted by Crippen LogP contribution is -2.16. The summed E-state index contributed by atoms with van der Waals surface area (Å²) in [6, 6.07) is 0. The summed E-state index contributed by atoms with van der Waals surface area (Å²) in [5, 5.41) is 4.36. The maximum absolute atomic E-state index is 4.50. The molecule has 1 aromatic heterocycles. The highest BCUT2D eigenvalue weighted by atomic mass is 32.1. The van der Waals surface area contributed by atoms with Crippen molar-refractivity contribution < 1.29 is 0 Å². The number of hydrogen-bond acceptors (Lipinski definition) is 4. The van der Waals surface area contributed by atoms with Crippen molar-refractivity contribution in [3.8, 4) is 0 Å². The molecular formula is C11H19N3S. The van der Waals surface area contributed by atoms with Gasteiger partial charge in [-0.3, -0.25) is 0 Å². The molecule has 1 aliphatic rings. The van der Waals surface area contributed by atoms with Crippen LogP contribution >= 0.6 is 11.5 Å². The molecule has 1 atom stereocenters. The monoisotopic (exact) mass is 225 g/mol. The summed E-state index contributed by atoms with van der Waals surface area (Å²) in [7, 11) is 0. The van der Waals surface area contributed by atoms with Crippen molar-refractivity contribution in [2.75, 3.05) is 11.9 Å². The minimum absolute atomic E-state index is 0.666. The Labute approximate surface area is 95.5 Å². The number of nitrogens with zero attached hydrogens (tertiary/aromatic N) is 2. The van der Waals surface area contributed by atoms with Gasteiger partial charge in [-0.15, -0.1) is 0 Å². The predicted octanol–water partition coefficient (Wildman–Crippen LogP) is 3.12. The summed E-state index contributed by atoms with van der Waals surface area (Å²) < 4.78 is 4.37. The zero-order chi connectivity index (χ0) is 10.8. The Morgan fingerprint density at radius 1 is 1.40 bits per heavy atom. The maximum atomic E-state index is 4.50. The average molecular weight is 225 g/mol. The lowest BCUT2D eigenvalue weighted by Gasteiger charge is -2.14. The standard InChI is InChI=1S/C11H19N3S/c1-7(2)8(3)6-12-11-13-10(14-15-11)9-4-5-9/h7-9H,4-6H2,1-3H3,(H,12,13,14). The lowest BCUT2D eigenvalue weighted by atomic mass is 9.98. The van der Waals surface area contributed by atoms with E-state index in [1.165, 1.54) is 24.4 Å². The maximum Gasteiger partial charge on any atom is 0.202 e. The van der Waals surface area contributed by atoms with Crippen LogP contribution in [-0.2, 0) is 0 Å². The first-order chi connectivity index (χ1) is 7.16. The average Bonchev–Trinajstić information content (AvgIpc) is 2.95. The molecule has 1 fully saturated rings. The Kier molecular flexibility index (Phi) is 3.24. The van der Waals surface area contributed by atoms with E-state index in [1.54, 1.807) is 0 Å². The summed E-state index contributed by atoms with van der Waals surface area (Å²) in [6.07, 6.45) is 2.55. The summed E-state index contributed by atoms with van der Waals surface area (Å²) in [6.45, 7) is 7.77. The van der Waals surface area contributed by atoms with Crippen molar-refractivity contribution >= 4 is 16.7 Å². The summed E-state index contributed by atoms with van der Waals surface area (Å²) in [5.74, 6) is 3.12. The Balaban J connectivity index is 1.82. The summed E-state index contributed by atoms with van der Waals surface area (Å²) in [4.78, 5) is 4.50. The van der Waals surface area contributed by atoms with Gasteiger partial charge in [-0.2, -0.15) is 4.37 Å². The fourth-order valence-corrected chi connectivity index (χ4v) is 1.95. The molecule has 0 aliphatic heterocycles. The van der Waals surface area contributed by atoms with Crippen LogP contribution in [0.3, 0.4) is 0 Å². The normalized spacial score (nSPS) is 18.1. The second kappa shape index (κ2) is 4.47. The third-order valence-corrected chi connectivity index (χ3v) is 3.78. The van der Waals surface area contributed by atoms with Crippen molar-refractivity contribution in [3.05, 3.63) is 5.82 Å². The van der Waals surface area contributed by atoms with Gasteiger partial charge in [-0.1, -0.05) is 20.8 Å². The van der Waals surface area contributed by atoms with Crippen LogP contribution in [0.5, 0.6) is 0 Å². The highest BCUT2D eigenvalue weighted by molar-refractivity contribution is 7.09. The zero-order valence-electron chi connectivity index (χ0n) is 9.66. The van der Waals surface area contributed by atoms with Crippen LogP contribution < -0.4 is 5.32 Å². The fraction of sp³-hybridized carbons (Fsp3) is 0.818. The number of hydrogen-bond donors (Lipinski definition) is 1. The third kappa shape index (κ3) is 2.91. The van der Waals surface area contributed by atoms with Gasteiger partial charge in [0.25, 0.3) is 0 Å². The van der Waals surface area contributed by atoms with E-state index >= 15 is 0 Å². The molecule has 3 nitrogen and oxygen atoms in total. The molecule has 4 heteroatoms. The van der Waals surface area contributed by atoms with Crippen LogP contribution in [-0.4, -0.2) is 15.9 Å². The van der Waals surface area contributed by atoms with Gasteiger partial charge in [-0.25, -0.2) is 4.98 Å².